The second-order valence-corrected chi connectivity index (χ2v) is 2.75. The van der Waals surface area contributed by atoms with Gasteiger partial charge in [0.25, 0.3) is 5.91 Å². The van der Waals surface area contributed by atoms with E-state index in [-0.39, 0.29) is 11.9 Å². The monoisotopic (exact) mass is 157 g/mol. The number of hydrogen-bond donors (Lipinski definition) is 0. The Labute approximate surface area is 65.1 Å². The first kappa shape index (κ1) is 8.04. The summed E-state index contributed by atoms with van der Waals surface area (Å²) in [6.07, 6.45) is 0.359. The second-order valence-electron chi connectivity index (χ2n) is 2.75. The predicted octanol–water partition coefficient (Wildman–Crippen LogP) is -0.220. The number of esters is 1. The van der Waals surface area contributed by atoms with Gasteiger partial charge in [-0.1, -0.05) is 0 Å². The maximum Gasteiger partial charge on any atom is 0.306 e. The molecule has 0 aromatic heterocycles. The van der Waals surface area contributed by atoms with Gasteiger partial charge in [0, 0.05) is 26.9 Å². The smallest absolute Gasteiger partial charge is 0.306 e. The van der Waals surface area contributed by atoms with Crippen molar-refractivity contribution in [1.29, 1.82) is 0 Å². The molecule has 1 heterocycles. The summed E-state index contributed by atoms with van der Waals surface area (Å²) in [5.41, 5.74) is 0. The highest BCUT2D eigenvalue weighted by Crippen LogP contribution is 2.14. The minimum Gasteiger partial charge on any atom is -0.452 e. The van der Waals surface area contributed by atoms with E-state index in [4.69, 9.17) is 4.74 Å². The van der Waals surface area contributed by atoms with Crippen molar-refractivity contribution in [2.75, 3.05) is 14.1 Å². The van der Waals surface area contributed by atoms with Gasteiger partial charge in [0.05, 0.1) is 0 Å². The van der Waals surface area contributed by atoms with Crippen LogP contribution >= 0.6 is 0 Å². The van der Waals surface area contributed by atoms with Crippen molar-refractivity contribution in [3.8, 4) is 0 Å². The van der Waals surface area contributed by atoms with Crippen molar-refractivity contribution in [2.45, 2.75) is 18.9 Å². The molecule has 11 heavy (non-hydrogen) atoms. The van der Waals surface area contributed by atoms with Crippen LogP contribution in [0.15, 0.2) is 0 Å². The van der Waals surface area contributed by atoms with Crippen LogP contribution in [-0.2, 0) is 14.3 Å². The van der Waals surface area contributed by atoms with Crippen molar-refractivity contribution in [1.82, 2.24) is 4.90 Å². The molecule has 1 rings (SSSR count). The minimum absolute atomic E-state index is 0.129. The largest absolute Gasteiger partial charge is 0.452 e. The summed E-state index contributed by atoms with van der Waals surface area (Å²) >= 11 is 0. The summed E-state index contributed by atoms with van der Waals surface area (Å²) in [7, 11) is 3.29. The highest BCUT2D eigenvalue weighted by molar-refractivity contribution is 5.86. The summed E-state index contributed by atoms with van der Waals surface area (Å²) in [4.78, 5) is 23.2. The molecule has 4 heteroatoms. The number of nitrogens with zero attached hydrogens (tertiary/aromatic N) is 1. The number of rotatable bonds is 1. The zero-order valence-electron chi connectivity index (χ0n) is 6.66. The van der Waals surface area contributed by atoms with Crippen LogP contribution in [0.2, 0.25) is 0 Å². The molecule has 1 unspecified atom stereocenters. The number of amides is 1. The van der Waals surface area contributed by atoms with Gasteiger partial charge in [0.2, 0.25) is 0 Å². The van der Waals surface area contributed by atoms with E-state index < -0.39 is 6.10 Å². The van der Waals surface area contributed by atoms with Crippen LogP contribution in [0.4, 0.5) is 0 Å². The first-order chi connectivity index (χ1) is 5.11. The fourth-order valence-electron chi connectivity index (χ4n) is 0.987. The summed E-state index contributed by atoms with van der Waals surface area (Å²) < 4.78 is 4.75. The molecule has 0 aliphatic carbocycles. The standard InChI is InChI=1S/C7H11NO3/c1-8(2)7(10)5-3-4-6(9)11-5/h5H,3-4H2,1-2H3. The normalized spacial score (nSPS) is 23.1. The van der Waals surface area contributed by atoms with Crippen LogP contribution in [-0.4, -0.2) is 37.0 Å². The Hall–Kier alpha value is -1.06. The van der Waals surface area contributed by atoms with Crippen molar-refractivity contribution in [3.05, 3.63) is 0 Å². The topological polar surface area (TPSA) is 46.6 Å². The Morgan fingerprint density at radius 2 is 2.27 bits per heavy atom. The lowest BCUT2D eigenvalue weighted by Crippen LogP contribution is -2.33. The van der Waals surface area contributed by atoms with Crippen molar-refractivity contribution in [2.24, 2.45) is 0 Å². The highest BCUT2D eigenvalue weighted by atomic mass is 16.6. The van der Waals surface area contributed by atoms with Crippen LogP contribution in [0, 0.1) is 0 Å². The SMILES string of the molecule is CN(C)C(=O)C1CCC(=O)O1. The number of carbonyl (C=O) groups excluding carboxylic acids is 2. The third kappa shape index (κ3) is 1.69. The summed E-state index contributed by atoms with van der Waals surface area (Å²) in [5.74, 6) is -0.402. The number of carbonyl (C=O) groups is 2. The minimum atomic E-state index is -0.530. The van der Waals surface area contributed by atoms with E-state index in [0.29, 0.717) is 12.8 Å². The van der Waals surface area contributed by atoms with Crippen LogP contribution in [0.25, 0.3) is 0 Å². The summed E-state index contributed by atoms with van der Waals surface area (Å²) in [6, 6.07) is 0. The quantitative estimate of drug-likeness (QED) is 0.494. The van der Waals surface area contributed by atoms with E-state index in [0.717, 1.165) is 0 Å². The Bertz CT molecular complexity index is 188. The molecule has 1 aliphatic heterocycles. The number of cyclic esters (lactones) is 1. The molecule has 0 aromatic carbocycles. The number of ether oxygens (including phenoxy) is 1. The fraction of sp³-hybridized carbons (Fsp3) is 0.714. The molecular weight excluding hydrogens is 146 g/mol. The molecule has 0 bridgehead atoms. The van der Waals surface area contributed by atoms with Crippen LogP contribution in [0.3, 0.4) is 0 Å². The molecule has 0 saturated carbocycles. The predicted molar refractivity (Wildman–Crippen MR) is 37.8 cm³/mol. The van der Waals surface area contributed by atoms with Crippen LogP contribution in [0.5, 0.6) is 0 Å². The first-order valence-corrected chi connectivity index (χ1v) is 3.52. The van der Waals surface area contributed by atoms with Gasteiger partial charge in [-0.2, -0.15) is 0 Å². The molecule has 0 aromatic rings. The van der Waals surface area contributed by atoms with Gasteiger partial charge in [-0.25, -0.2) is 0 Å². The van der Waals surface area contributed by atoms with Gasteiger partial charge >= 0.3 is 5.97 Å². The lowest BCUT2D eigenvalue weighted by Gasteiger charge is -2.14. The van der Waals surface area contributed by atoms with E-state index in [1.54, 1.807) is 14.1 Å². The molecule has 1 saturated heterocycles. The molecular formula is C7H11NO3. The van der Waals surface area contributed by atoms with Gasteiger partial charge < -0.3 is 9.64 Å². The van der Waals surface area contributed by atoms with Gasteiger partial charge in [-0.3, -0.25) is 9.59 Å². The molecule has 1 aliphatic rings. The Balaban J connectivity index is 2.50. The second kappa shape index (κ2) is 2.90. The maximum absolute atomic E-state index is 11.1. The van der Waals surface area contributed by atoms with Gasteiger partial charge in [-0.05, 0) is 0 Å². The van der Waals surface area contributed by atoms with Gasteiger partial charge in [0.1, 0.15) is 0 Å². The van der Waals surface area contributed by atoms with E-state index in [2.05, 4.69) is 0 Å². The molecule has 1 atom stereocenters. The van der Waals surface area contributed by atoms with E-state index in [9.17, 15) is 9.59 Å². The lowest BCUT2D eigenvalue weighted by molar-refractivity contribution is -0.151. The van der Waals surface area contributed by atoms with Crippen molar-refractivity contribution < 1.29 is 14.3 Å². The molecule has 1 amide bonds. The Kier molecular flexibility index (Phi) is 2.12. The number of likely N-dealkylation sites (N-methyl/N-ethyl adjacent to an activating group) is 1. The van der Waals surface area contributed by atoms with Crippen LogP contribution < -0.4 is 0 Å². The van der Waals surface area contributed by atoms with E-state index >= 15 is 0 Å². The van der Waals surface area contributed by atoms with E-state index in [1.165, 1.54) is 4.90 Å². The van der Waals surface area contributed by atoms with Crippen molar-refractivity contribution in [3.63, 3.8) is 0 Å². The third-order valence-electron chi connectivity index (χ3n) is 1.60. The molecule has 0 radical (unpaired) electrons. The molecule has 62 valence electrons. The Morgan fingerprint density at radius 1 is 1.64 bits per heavy atom. The Morgan fingerprint density at radius 3 is 2.64 bits per heavy atom. The zero-order valence-corrected chi connectivity index (χ0v) is 6.66. The molecule has 4 nitrogen and oxygen atoms in total. The summed E-state index contributed by atoms with van der Waals surface area (Å²) in [5, 5.41) is 0. The highest BCUT2D eigenvalue weighted by Gasteiger charge is 2.30. The molecule has 1 fully saturated rings. The van der Waals surface area contributed by atoms with Crippen molar-refractivity contribution >= 4 is 11.9 Å². The van der Waals surface area contributed by atoms with Gasteiger partial charge in [-0.15, -0.1) is 0 Å². The average molecular weight is 157 g/mol. The average Bonchev–Trinajstić information content (AvgIpc) is 2.34. The summed E-state index contributed by atoms with van der Waals surface area (Å²) in [6.45, 7) is 0. The maximum atomic E-state index is 11.1. The third-order valence-corrected chi connectivity index (χ3v) is 1.60. The first-order valence-electron chi connectivity index (χ1n) is 3.52. The fourth-order valence-corrected chi connectivity index (χ4v) is 0.987. The van der Waals surface area contributed by atoms with Crippen LogP contribution in [0.1, 0.15) is 12.8 Å². The zero-order chi connectivity index (χ0) is 8.43. The lowest BCUT2D eigenvalue weighted by atomic mass is 10.2. The molecule has 0 spiro atoms. The number of hydrogen-bond acceptors (Lipinski definition) is 3. The van der Waals surface area contributed by atoms with E-state index in [1.807, 2.05) is 0 Å². The molecule has 0 N–H and O–H groups in total. The van der Waals surface area contributed by atoms with Gasteiger partial charge in [0.15, 0.2) is 6.10 Å².